The number of carbonyl (C=O) groups excluding carboxylic acids is 1. The van der Waals surface area contributed by atoms with Gasteiger partial charge >= 0.3 is 6.18 Å². The van der Waals surface area contributed by atoms with Gasteiger partial charge in [-0.25, -0.2) is 0 Å². The van der Waals surface area contributed by atoms with Crippen molar-refractivity contribution in [3.05, 3.63) is 58.9 Å². The Balaban J connectivity index is 1.21. The van der Waals surface area contributed by atoms with E-state index >= 15 is 0 Å². The maximum absolute atomic E-state index is 14.1. The van der Waals surface area contributed by atoms with Gasteiger partial charge in [-0.1, -0.05) is 24.6 Å². The van der Waals surface area contributed by atoms with Crippen LogP contribution in [0.4, 0.5) is 13.2 Å². The van der Waals surface area contributed by atoms with E-state index in [1.54, 1.807) is 12.0 Å². The highest BCUT2D eigenvalue weighted by molar-refractivity contribution is 5.84. The zero-order valence-electron chi connectivity index (χ0n) is 20.9. The molecule has 4 aliphatic rings. The standard InChI is InChI=1S/C28H32F3N3O3/c1-36-24-16-37-23-7-3-2-6-21(23)25(24)33-20-12-18-5-4-9-27(18,13-20)26(35)34-10-8-22-17(15-34)11-19(14-32-22)28(29,30)31/h2-3,6-7,11,14,18,20,24-25,33H,4-5,8-10,12-13,15-16H2,1H3/t18-,20?,24+,25+,27-/m1/s1. The summed E-state index contributed by atoms with van der Waals surface area (Å²) in [6.07, 6.45) is 1.29. The van der Waals surface area contributed by atoms with Crippen LogP contribution in [0, 0.1) is 11.3 Å². The van der Waals surface area contributed by atoms with Crippen LogP contribution in [0.5, 0.6) is 5.75 Å². The number of amides is 1. The van der Waals surface area contributed by atoms with Gasteiger partial charge in [0.25, 0.3) is 0 Å². The van der Waals surface area contributed by atoms with Gasteiger partial charge in [0.1, 0.15) is 18.5 Å². The van der Waals surface area contributed by atoms with Crippen molar-refractivity contribution in [2.75, 3.05) is 20.3 Å². The Bertz CT molecular complexity index is 1190. The molecule has 1 aromatic carbocycles. The monoisotopic (exact) mass is 515 g/mol. The van der Waals surface area contributed by atoms with Gasteiger partial charge in [0, 0.05) is 50.1 Å². The molecule has 0 radical (unpaired) electrons. The van der Waals surface area contributed by atoms with E-state index in [-0.39, 0.29) is 36.6 Å². The molecule has 2 aliphatic carbocycles. The topological polar surface area (TPSA) is 63.7 Å². The van der Waals surface area contributed by atoms with E-state index in [1.807, 2.05) is 18.2 Å². The zero-order chi connectivity index (χ0) is 25.8. The molecule has 1 aromatic heterocycles. The van der Waals surface area contributed by atoms with Crippen LogP contribution >= 0.6 is 0 Å². The summed E-state index contributed by atoms with van der Waals surface area (Å²) in [6.45, 7) is 1.15. The number of nitrogens with zero attached hydrogens (tertiary/aromatic N) is 2. The van der Waals surface area contributed by atoms with E-state index in [0.717, 1.165) is 55.7 Å². The molecule has 1 N–H and O–H groups in total. The van der Waals surface area contributed by atoms with Gasteiger partial charge in [-0.05, 0) is 49.3 Å². The summed E-state index contributed by atoms with van der Waals surface area (Å²) in [5.74, 6) is 1.23. The first-order valence-electron chi connectivity index (χ1n) is 13.1. The number of fused-ring (bicyclic) bond motifs is 3. The van der Waals surface area contributed by atoms with Crippen molar-refractivity contribution >= 4 is 5.91 Å². The molecule has 9 heteroatoms. The highest BCUT2D eigenvalue weighted by atomic mass is 19.4. The molecule has 2 fully saturated rings. The fourth-order valence-electron chi connectivity index (χ4n) is 7.18. The summed E-state index contributed by atoms with van der Waals surface area (Å²) in [7, 11) is 1.69. The number of para-hydroxylation sites is 1. The van der Waals surface area contributed by atoms with Crippen LogP contribution in [-0.2, 0) is 28.7 Å². The lowest BCUT2D eigenvalue weighted by molar-refractivity contribution is -0.144. The summed E-state index contributed by atoms with van der Waals surface area (Å²) in [5.41, 5.74) is 1.02. The van der Waals surface area contributed by atoms with Crippen molar-refractivity contribution in [1.29, 1.82) is 0 Å². The van der Waals surface area contributed by atoms with Gasteiger partial charge in [-0.3, -0.25) is 9.78 Å². The number of ether oxygens (including phenoxy) is 2. The fourth-order valence-corrected chi connectivity index (χ4v) is 7.18. The van der Waals surface area contributed by atoms with Gasteiger partial charge in [0.15, 0.2) is 0 Å². The summed E-state index contributed by atoms with van der Waals surface area (Å²) in [4.78, 5) is 19.9. The summed E-state index contributed by atoms with van der Waals surface area (Å²) in [5, 5.41) is 3.82. The maximum Gasteiger partial charge on any atom is 0.417 e. The van der Waals surface area contributed by atoms with E-state index in [0.29, 0.717) is 30.8 Å². The van der Waals surface area contributed by atoms with Gasteiger partial charge < -0.3 is 19.7 Å². The Hall–Kier alpha value is -2.65. The second-order valence-corrected chi connectivity index (χ2v) is 11.0. The second-order valence-electron chi connectivity index (χ2n) is 11.0. The molecule has 3 heterocycles. The number of benzene rings is 1. The van der Waals surface area contributed by atoms with Gasteiger partial charge in [0.2, 0.25) is 5.91 Å². The predicted molar refractivity (Wildman–Crippen MR) is 130 cm³/mol. The molecule has 0 saturated heterocycles. The summed E-state index contributed by atoms with van der Waals surface area (Å²) < 4.78 is 51.5. The second kappa shape index (κ2) is 9.27. The average Bonchev–Trinajstić information content (AvgIpc) is 3.45. The largest absolute Gasteiger partial charge is 0.490 e. The molecule has 1 amide bonds. The molecular formula is C28H32F3N3O3. The Morgan fingerprint density at radius 2 is 2.14 bits per heavy atom. The van der Waals surface area contributed by atoms with Crippen LogP contribution in [0.1, 0.15) is 60.5 Å². The Morgan fingerprint density at radius 1 is 1.30 bits per heavy atom. The molecule has 198 valence electrons. The molecule has 6 nitrogen and oxygen atoms in total. The van der Waals surface area contributed by atoms with Crippen molar-refractivity contribution in [2.24, 2.45) is 11.3 Å². The minimum Gasteiger partial charge on any atom is -0.490 e. The number of nitrogens with one attached hydrogen (secondary N) is 1. The predicted octanol–water partition coefficient (Wildman–Crippen LogP) is 4.67. The van der Waals surface area contributed by atoms with Crippen LogP contribution in [0.25, 0.3) is 0 Å². The maximum atomic E-state index is 14.1. The number of carbonyl (C=O) groups is 1. The van der Waals surface area contributed by atoms with Crippen LogP contribution in [0.15, 0.2) is 36.5 Å². The lowest BCUT2D eigenvalue weighted by Gasteiger charge is -2.38. The Labute approximate surface area is 214 Å². The van der Waals surface area contributed by atoms with Gasteiger partial charge in [-0.2, -0.15) is 13.2 Å². The third-order valence-corrected chi connectivity index (χ3v) is 8.96. The highest BCUT2D eigenvalue weighted by Crippen LogP contribution is 2.56. The van der Waals surface area contributed by atoms with E-state index in [4.69, 9.17) is 9.47 Å². The van der Waals surface area contributed by atoms with Crippen molar-refractivity contribution in [2.45, 2.75) is 69.4 Å². The van der Waals surface area contributed by atoms with Gasteiger partial charge in [-0.15, -0.1) is 0 Å². The van der Waals surface area contributed by atoms with Crippen molar-refractivity contribution in [1.82, 2.24) is 15.2 Å². The Kier molecular flexibility index (Phi) is 6.18. The molecule has 5 atom stereocenters. The molecule has 2 aliphatic heterocycles. The minimum absolute atomic E-state index is 0.0281. The van der Waals surface area contributed by atoms with E-state index < -0.39 is 17.2 Å². The van der Waals surface area contributed by atoms with Crippen molar-refractivity contribution in [3.63, 3.8) is 0 Å². The smallest absolute Gasteiger partial charge is 0.417 e. The molecule has 0 spiro atoms. The molecule has 2 aromatic rings. The first kappa shape index (κ1) is 24.7. The number of halogens is 3. The quantitative estimate of drug-likeness (QED) is 0.641. The lowest BCUT2D eigenvalue weighted by Crippen LogP contribution is -2.47. The van der Waals surface area contributed by atoms with E-state index in [9.17, 15) is 18.0 Å². The summed E-state index contributed by atoms with van der Waals surface area (Å²) in [6, 6.07) is 9.27. The highest BCUT2D eigenvalue weighted by Gasteiger charge is 2.56. The minimum atomic E-state index is -4.45. The van der Waals surface area contributed by atoms with E-state index in [2.05, 4.69) is 16.4 Å². The molecule has 37 heavy (non-hydrogen) atoms. The number of hydrogen-bond donors (Lipinski definition) is 1. The van der Waals surface area contributed by atoms with Crippen molar-refractivity contribution in [3.8, 4) is 5.75 Å². The van der Waals surface area contributed by atoms with Gasteiger partial charge in [0.05, 0.1) is 17.0 Å². The average molecular weight is 516 g/mol. The van der Waals surface area contributed by atoms with Crippen LogP contribution in [-0.4, -0.2) is 48.2 Å². The Morgan fingerprint density at radius 3 is 2.95 bits per heavy atom. The third kappa shape index (κ3) is 4.30. The number of rotatable bonds is 4. The van der Waals surface area contributed by atoms with Crippen LogP contribution in [0.3, 0.4) is 0 Å². The molecule has 1 unspecified atom stereocenters. The van der Waals surface area contributed by atoms with Crippen LogP contribution in [0.2, 0.25) is 0 Å². The lowest BCUT2D eigenvalue weighted by atomic mass is 9.78. The number of pyridine rings is 1. The molecular weight excluding hydrogens is 483 g/mol. The number of alkyl halides is 3. The SMILES string of the molecule is CO[C@H]1COc2ccccc2[C@@H]1NC1C[C@H]2CCC[C@@]2(C(=O)N2CCc3ncc(C(F)(F)F)cc3C2)C1. The molecule has 2 saturated carbocycles. The fraction of sp³-hybridized carbons (Fsp3) is 0.571. The number of methoxy groups -OCH3 is 1. The first-order chi connectivity index (χ1) is 17.8. The normalized spacial score (nSPS) is 30.9. The molecule has 6 rings (SSSR count). The van der Waals surface area contributed by atoms with Crippen molar-refractivity contribution < 1.29 is 27.4 Å². The summed E-state index contributed by atoms with van der Waals surface area (Å²) >= 11 is 0. The molecule has 0 bridgehead atoms. The van der Waals surface area contributed by atoms with E-state index in [1.165, 1.54) is 0 Å². The zero-order valence-corrected chi connectivity index (χ0v) is 20.9. The number of aromatic nitrogens is 1. The first-order valence-corrected chi connectivity index (χ1v) is 13.1. The van der Waals surface area contributed by atoms with Crippen LogP contribution < -0.4 is 10.1 Å². The third-order valence-electron chi connectivity index (χ3n) is 8.96. The number of hydrogen-bond acceptors (Lipinski definition) is 5.